The fraction of sp³-hybridized carbons (Fsp3) is 0.333. The van der Waals surface area contributed by atoms with Gasteiger partial charge in [0.1, 0.15) is 0 Å². The molecule has 0 heterocycles. The monoisotopic (exact) mass is 158 g/mol. The molecule has 0 amide bonds. The number of allylic oxidation sites excluding steroid dienone is 2. The minimum Gasteiger partial charge on any atom is -0.460 e. The highest BCUT2D eigenvalue weighted by molar-refractivity contribution is 6.57. The zero-order chi connectivity index (χ0) is 7.11. The van der Waals surface area contributed by atoms with Crippen LogP contribution in [0.4, 0.5) is 0 Å². The van der Waals surface area contributed by atoms with Crippen LogP contribution in [0.25, 0.3) is 0 Å². The maximum absolute atomic E-state index is 5.49. The molecule has 3 heteroatoms. The third-order valence-corrected chi connectivity index (χ3v) is 4.70. The van der Waals surface area contributed by atoms with Crippen LogP contribution in [0.1, 0.15) is 0 Å². The summed E-state index contributed by atoms with van der Waals surface area (Å²) in [6, 6.07) is 0. The Bertz CT molecular complexity index is 99.2. The van der Waals surface area contributed by atoms with E-state index in [-0.39, 0.29) is 9.76 Å². The second kappa shape index (κ2) is 6.00. The van der Waals surface area contributed by atoms with Gasteiger partial charge in [-0.2, -0.15) is 0 Å². The molecular formula is C6H14OSi2. The molecule has 52 valence electrons. The number of hydrogen-bond donors (Lipinski definition) is 0. The highest BCUT2D eigenvalue weighted by atomic mass is 28.3. The molecule has 0 radical (unpaired) electrons. The third-order valence-electron chi connectivity index (χ3n) is 0.798. The Morgan fingerprint density at radius 3 is 2.67 bits per heavy atom. The van der Waals surface area contributed by atoms with E-state index >= 15 is 0 Å². The first kappa shape index (κ1) is 8.87. The normalized spacial score (nSPS) is 12.3. The van der Waals surface area contributed by atoms with Gasteiger partial charge >= 0.3 is 0 Å². The van der Waals surface area contributed by atoms with Gasteiger partial charge in [-0.15, -0.1) is 0 Å². The number of rotatable bonds is 4. The highest BCUT2D eigenvalue weighted by Gasteiger charge is 1.89. The quantitative estimate of drug-likeness (QED) is 0.434. The SMILES string of the molecule is C=CC=C[SiH2]O[SiH](C)C. The molecular weight excluding hydrogens is 144 g/mol. The van der Waals surface area contributed by atoms with Gasteiger partial charge in [0.15, 0.2) is 18.8 Å². The van der Waals surface area contributed by atoms with Crippen molar-refractivity contribution in [1.29, 1.82) is 0 Å². The van der Waals surface area contributed by atoms with Crippen molar-refractivity contribution in [3.63, 3.8) is 0 Å². The molecule has 0 aliphatic rings. The van der Waals surface area contributed by atoms with Crippen molar-refractivity contribution in [2.45, 2.75) is 13.1 Å². The third kappa shape index (κ3) is 7.87. The maximum Gasteiger partial charge on any atom is 0.171 e. The molecule has 0 bridgehead atoms. The first-order chi connectivity index (χ1) is 4.27. The van der Waals surface area contributed by atoms with E-state index in [1.807, 2.05) is 6.08 Å². The molecule has 0 atom stereocenters. The van der Waals surface area contributed by atoms with Crippen LogP contribution in [0.3, 0.4) is 0 Å². The van der Waals surface area contributed by atoms with E-state index in [0.29, 0.717) is 0 Å². The van der Waals surface area contributed by atoms with Gasteiger partial charge in [0.2, 0.25) is 0 Å². The molecule has 0 aromatic heterocycles. The van der Waals surface area contributed by atoms with Crippen molar-refractivity contribution in [3.8, 4) is 0 Å². The van der Waals surface area contributed by atoms with Gasteiger partial charge in [0.05, 0.1) is 0 Å². The van der Waals surface area contributed by atoms with E-state index in [1.165, 1.54) is 0 Å². The minimum absolute atomic E-state index is 0.337. The molecule has 0 aliphatic heterocycles. The van der Waals surface area contributed by atoms with Gasteiger partial charge in [-0.25, -0.2) is 0 Å². The largest absolute Gasteiger partial charge is 0.460 e. The molecule has 0 unspecified atom stereocenters. The average molecular weight is 158 g/mol. The predicted molar refractivity (Wildman–Crippen MR) is 47.8 cm³/mol. The van der Waals surface area contributed by atoms with Gasteiger partial charge in [-0.3, -0.25) is 0 Å². The van der Waals surface area contributed by atoms with Crippen molar-refractivity contribution in [2.24, 2.45) is 0 Å². The van der Waals surface area contributed by atoms with Gasteiger partial charge in [-0.1, -0.05) is 24.4 Å². The van der Waals surface area contributed by atoms with Crippen molar-refractivity contribution < 1.29 is 4.12 Å². The predicted octanol–water partition coefficient (Wildman–Crippen LogP) is 0.770. The van der Waals surface area contributed by atoms with E-state index in [4.69, 9.17) is 4.12 Å². The van der Waals surface area contributed by atoms with Crippen molar-refractivity contribution >= 4 is 18.8 Å². The van der Waals surface area contributed by atoms with E-state index in [0.717, 1.165) is 0 Å². The second-order valence-corrected chi connectivity index (χ2v) is 6.28. The van der Waals surface area contributed by atoms with E-state index in [1.54, 1.807) is 6.08 Å². The summed E-state index contributed by atoms with van der Waals surface area (Å²) in [5.41, 5.74) is 2.11. The smallest absolute Gasteiger partial charge is 0.171 e. The molecule has 0 aromatic rings. The first-order valence-corrected chi connectivity index (χ1v) is 7.34. The molecule has 0 rings (SSSR count). The molecule has 0 saturated heterocycles. The van der Waals surface area contributed by atoms with Gasteiger partial charge < -0.3 is 4.12 Å². The van der Waals surface area contributed by atoms with Gasteiger partial charge in [0, 0.05) is 0 Å². The van der Waals surface area contributed by atoms with Crippen molar-refractivity contribution in [3.05, 3.63) is 24.4 Å². The summed E-state index contributed by atoms with van der Waals surface area (Å²) in [5.74, 6) is 0. The molecule has 0 saturated carbocycles. The molecule has 1 nitrogen and oxygen atoms in total. The summed E-state index contributed by atoms with van der Waals surface area (Å²) in [6.07, 6.45) is 3.75. The second-order valence-electron chi connectivity index (χ2n) is 2.05. The first-order valence-electron chi connectivity index (χ1n) is 3.16. The van der Waals surface area contributed by atoms with Crippen molar-refractivity contribution in [1.82, 2.24) is 0 Å². The van der Waals surface area contributed by atoms with Gasteiger partial charge in [0.25, 0.3) is 0 Å². The summed E-state index contributed by atoms with van der Waals surface area (Å²) in [7, 11) is -1.07. The lowest BCUT2D eigenvalue weighted by Gasteiger charge is -2.00. The van der Waals surface area contributed by atoms with Crippen LogP contribution < -0.4 is 0 Å². The van der Waals surface area contributed by atoms with Crippen LogP contribution in [0, 0.1) is 0 Å². The summed E-state index contributed by atoms with van der Waals surface area (Å²) in [4.78, 5) is 0. The van der Waals surface area contributed by atoms with E-state index in [2.05, 4.69) is 25.4 Å². The number of hydrogen-bond acceptors (Lipinski definition) is 1. The average Bonchev–Trinajstić information content (AvgIpc) is 1.80. The van der Waals surface area contributed by atoms with Gasteiger partial charge in [-0.05, 0) is 13.1 Å². The van der Waals surface area contributed by atoms with Crippen LogP contribution in [0.5, 0.6) is 0 Å². The Morgan fingerprint density at radius 2 is 2.22 bits per heavy atom. The van der Waals surface area contributed by atoms with Crippen LogP contribution in [-0.4, -0.2) is 18.8 Å². The zero-order valence-corrected chi connectivity index (χ0v) is 8.70. The summed E-state index contributed by atoms with van der Waals surface area (Å²) < 4.78 is 5.49. The Labute approximate surface area is 61.1 Å². The Kier molecular flexibility index (Phi) is 5.92. The van der Waals surface area contributed by atoms with Crippen LogP contribution in [0.15, 0.2) is 24.4 Å². The summed E-state index contributed by atoms with van der Waals surface area (Å²) in [5, 5.41) is 0. The van der Waals surface area contributed by atoms with E-state index in [9.17, 15) is 0 Å². The standard InChI is InChI=1S/C6H14OSi2/c1-4-5-6-8-7-9(2)3/h4-6,9H,1,8H2,2-3H3. The topological polar surface area (TPSA) is 9.23 Å². The molecule has 0 fully saturated rings. The fourth-order valence-corrected chi connectivity index (χ4v) is 2.69. The molecule has 0 spiro atoms. The van der Waals surface area contributed by atoms with E-state index < -0.39 is 9.04 Å². The lowest BCUT2D eigenvalue weighted by atomic mass is 10.6. The Hall–Kier alpha value is -0.126. The minimum atomic E-state index is -0.737. The van der Waals surface area contributed by atoms with Crippen molar-refractivity contribution in [2.75, 3.05) is 0 Å². The van der Waals surface area contributed by atoms with Crippen LogP contribution in [-0.2, 0) is 4.12 Å². The molecule has 0 N–H and O–H groups in total. The molecule has 0 aliphatic carbocycles. The Balaban J connectivity index is 3.08. The van der Waals surface area contributed by atoms with Crippen LogP contribution in [0.2, 0.25) is 13.1 Å². The molecule has 9 heavy (non-hydrogen) atoms. The van der Waals surface area contributed by atoms with Crippen LogP contribution >= 0.6 is 0 Å². The lowest BCUT2D eigenvalue weighted by molar-refractivity contribution is 0.634. The lowest BCUT2D eigenvalue weighted by Crippen LogP contribution is -2.09. The zero-order valence-electron chi connectivity index (χ0n) is 6.13. The highest BCUT2D eigenvalue weighted by Crippen LogP contribution is 1.81. The fourth-order valence-electron chi connectivity index (χ4n) is 0.400. The summed E-state index contributed by atoms with van der Waals surface area (Å²) >= 11 is 0. The molecule has 0 aromatic carbocycles. The maximum atomic E-state index is 5.49. The summed E-state index contributed by atoms with van der Waals surface area (Å²) in [6.45, 7) is 7.95. The Morgan fingerprint density at radius 1 is 1.56 bits per heavy atom.